The molecule has 0 aliphatic rings. The molecule has 3 N–H and O–H groups in total. The van der Waals surface area contributed by atoms with Crippen molar-refractivity contribution in [1.82, 2.24) is 16.0 Å². The van der Waals surface area contributed by atoms with Gasteiger partial charge in [0.1, 0.15) is 5.60 Å². The first kappa shape index (κ1) is 22.5. The van der Waals surface area contributed by atoms with Crippen LogP contribution in [0, 0.1) is 0 Å². The van der Waals surface area contributed by atoms with Gasteiger partial charge in [0.25, 0.3) is 0 Å². The topological polar surface area (TPSA) is 96.5 Å². The Hall–Kier alpha value is -2.54. The summed E-state index contributed by atoms with van der Waals surface area (Å²) in [5, 5.41) is 8.37. The number of carbonyl (C=O) groups is 3. The number of carbonyl (C=O) groups excluding carboxylic acids is 3. The van der Waals surface area contributed by atoms with Crippen molar-refractivity contribution in [2.75, 3.05) is 19.6 Å². The second kappa shape index (κ2) is 11.2. The molecule has 1 aromatic rings. The number of halogens is 1. The fraction of sp³-hybridized carbons (Fsp3) is 0.421. The van der Waals surface area contributed by atoms with Crippen LogP contribution < -0.4 is 16.0 Å². The number of benzene rings is 1. The van der Waals surface area contributed by atoms with Gasteiger partial charge in [-0.3, -0.25) is 9.59 Å². The highest BCUT2D eigenvalue weighted by Crippen LogP contribution is 2.15. The van der Waals surface area contributed by atoms with Gasteiger partial charge in [-0.1, -0.05) is 29.8 Å². The SMILES string of the molecule is CC(C)(C)OC(=O)NCCC(=O)NCCNC(=O)/C=C/c1ccccc1Cl. The molecule has 148 valence electrons. The molecular weight excluding hydrogens is 370 g/mol. The van der Waals surface area contributed by atoms with E-state index in [1.807, 2.05) is 12.1 Å². The van der Waals surface area contributed by atoms with Gasteiger partial charge in [0.15, 0.2) is 0 Å². The molecule has 0 heterocycles. The highest BCUT2D eigenvalue weighted by atomic mass is 35.5. The molecule has 0 bridgehead atoms. The number of rotatable bonds is 8. The maximum absolute atomic E-state index is 11.7. The van der Waals surface area contributed by atoms with Gasteiger partial charge >= 0.3 is 6.09 Å². The zero-order valence-electron chi connectivity index (χ0n) is 15.8. The van der Waals surface area contributed by atoms with Crippen LogP contribution in [-0.2, 0) is 14.3 Å². The molecule has 0 radical (unpaired) electrons. The standard InChI is InChI=1S/C19H26ClN3O4/c1-19(2,3)27-18(26)23-11-10-17(25)22-13-12-21-16(24)9-8-14-6-4-5-7-15(14)20/h4-9H,10-13H2,1-3H3,(H,21,24)(H,22,25)(H,23,26)/b9-8+. The summed E-state index contributed by atoms with van der Waals surface area (Å²) in [6, 6.07) is 7.19. The Morgan fingerprint density at radius 1 is 1.04 bits per heavy atom. The molecule has 1 rings (SSSR count). The number of hydrogen-bond acceptors (Lipinski definition) is 4. The predicted molar refractivity (Wildman–Crippen MR) is 105 cm³/mol. The molecule has 0 aromatic heterocycles. The third-order valence-electron chi connectivity index (χ3n) is 3.09. The molecule has 1 aromatic carbocycles. The van der Waals surface area contributed by atoms with Crippen molar-refractivity contribution in [3.63, 3.8) is 0 Å². The van der Waals surface area contributed by atoms with Crippen LogP contribution in [0.2, 0.25) is 5.02 Å². The predicted octanol–water partition coefficient (Wildman–Crippen LogP) is 2.50. The summed E-state index contributed by atoms with van der Waals surface area (Å²) < 4.78 is 5.06. The number of hydrogen-bond donors (Lipinski definition) is 3. The fourth-order valence-electron chi connectivity index (χ4n) is 1.90. The lowest BCUT2D eigenvalue weighted by Gasteiger charge is -2.19. The van der Waals surface area contributed by atoms with Gasteiger partial charge in [0.05, 0.1) is 0 Å². The largest absolute Gasteiger partial charge is 0.444 e. The molecular formula is C19H26ClN3O4. The number of amides is 3. The molecule has 0 saturated heterocycles. The molecule has 3 amide bonds. The molecule has 8 heteroatoms. The van der Waals surface area contributed by atoms with Gasteiger partial charge in [-0.2, -0.15) is 0 Å². The summed E-state index contributed by atoms with van der Waals surface area (Å²) in [7, 11) is 0. The van der Waals surface area contributed by atoms with Crippen LogP contribution in [-0.4, -0.2) is 43.1 Å². The normalized spacial score (nSPS) is 11.1. The molecule has 0 spiro atoms. The van der Waals surface area contributed by atoms with Crippen LogP contribution in [0.1, 0.15) is 32.8 Å². The van der Waals surface area contributed by atoms with Gasteiger partial charge in [0, 0.05) is 37.2 Å². The Morgan fingerprint density at radius 2 is 1.70 bits per heavy atom. The minimum atomic E-state index is -0.579. The summed E-state index contributed by atoms with van der Waals surface area (Å²) >= 11 is 6.00. The van der Waals surface area contributed by atoms with Crippen molar-refractivity contribution >= 4 is 35.6 Å². The Balaban J connectivity index is 2.15. The third kappa shape index (κ3) is 10.9. The van der Waals surface area contributed by atoms with Crippen molar-refractivity contribution in [2.45, 2.75) is 32.8 Å². The molecule has 0 saturated carbocycles. The van der Waals surface area contributed by atoms with E-state index in [9.17, 15) is 14.4 Å². The monoisotopic (exact) mass is 395 g/mol. The maximum atomic E-state index is 11.7. The minimum absolute atomic E-state index is 0.125. The molecule has 0 unspecified atom stereocenters. The highest BCUT2D eigenvalue weighted by Gasteiger charge is 2.15. The molecule has 7 nitrogen and oxygen atoms in total. The van der Waals surface area contributed by atoms with E-state index in [0.29, 0.717) is 5.02 Å². The van der Waals surface area contributed by atoms with Crippen molar-refractivity contribution in [3.8, 4) is 0 Å². The zero-order chi connectivity index (χ0) is 20.3. The Bertz CT molecular complexity index is 684. The Kier molecular flexibility index (Phi) is 9.36. The summed E-state index contributed by atoms with van der Waals surface area (Å²) in [6.45, 7) is 6.03. The lowest BCUT2D eigenvalue weighted by atomic mass is 10.2. The average molecular weight is 396 g/mol. The van der Waals surface area contributed by atoms with Crippen molar-refractivity contribution in [2.24, 2.45) is 0 Å². The Morgan fingerprint density at radius 3 is 2.37 bits per heavy atom. The van der Waals surface area contributed by atoms with Gasteiger partial charge in [-0.05, 0) is 38.5 Å². The van der Waals surface area contributed by atoms with E-state index in [0.717, 1.165) is 5.56 Å². The van der Waals surface area contributed by atoms with E-state index in [2.05, 4.69) is 16.0 Å². The van der Waals surface area contributed by atoms with Gasteiger partial charge in [-0.15, -0.1) is 0 Å². The molecule has 0 aliphatic heterocycles. The third-order valence-corrected chi connectivity index (χ3v) is 3.43. The van der Waals surface area contributed by atoms with E-state index in [4.69, 9.17) is 16.3 Å². The first-order chi connectivity index (χ1) is 12.7. The van der Waals surface area contributed by atoms with Crippen LogP contribution in [0.15, 0.2) is 30.3 Å². The smallest absolute Gasteiger partial charge is 0.407 e. The van der Waals surface area contributed by atoms with Crippen LogP contribution in [0.4, 0.5) is 4.79 Å². The van der Waals surface area contributed by atoms with Crippen LogP contribution >= 0.6 is 11.6 Å². The molecule has 0 atom stereocenters. The highest BCUT2D eigenvalue weighted by molar-refractivity contribution is 6.32. The first-order valence-electron chi connectivity index (χ1n) is 8.61. The zero-order valence-corrected chi connectivity index (χ0v) is 16.6. The number of nitrogens with one attached hydrogen (secondary N) is 3. The van der Waals surface area contributed by atoms with E-state index < -0.39 is 11.7 Å². The maximum Gasteiger partial charge on any atom is 0.407 e. The van der Waals surface area contributed by atoms with Crippen molar-refractivity contribution in [3.05, 3.63) is 40.9 Å². The number of alkyl carbamates (subject to hydrolysis) is 1. The quantitative estimate of drug-likeness (QED) is 0.465. The second-order valence-corrected chi connectivity index (χ2v) is 7.08. The lowest BCUT2D eigenvalue weighted by molar-refractivity contribution is -0.121. The number of ether oxygens (including phenoxy) is 1. The van der Waals surface area contributed by atoms with Gasteiger partial charge < -0.3 is 20.7 Å². The summed E-state index contributed by atoms with van der Waals surface area (Å²) in [4.78, 5) is 34.8. The average Bonchev–Trinajstić information content (AvgIpc) is 2.56. The van der Waals surface area contributed by atoms with Crippen LogP contribution in [0.5, 0.6) is 0 Å². The van der Waals surface area contributed by atoms with Crippen molar-refractivity contribution in [1.29, 1.82) is 0 Å². The van der Waals surface area contributed by atoms with Gasteiger partial charge in [-0.25, -0.2) is 4.79 Å². The van der Waals surface area contributed by atoms with Crippen LogP contribution in [0.3, 0.4) is 0 Å². The van der Waals surface area contributed by atoms with E-state index >= 15 is 0 Å². The van der Waals surface area contributed by atoms with Crippen molar-refractivity contribution < 1.29 is 19.1 Å². The molecule has 0 fully saturated rings. The molecule has 0 aliphatic carbocycles. The summed E-state index contributed by atoms with van der Waals surface area (Å²) in [5.41, 5.74) is 0.172. The van der Waals surface area contributed by atoms with Crippen LogP contribution in [0.25, 0.3) is 6.08 Å². The summed E-state index contributed by atoms with van der Waals surface area (Å²) in [6.07, 6.45) is 2.57. The first-order valence-corrected chi connectivity index (χ1v) is 8.99. The van der Waals surface area contributed by atoms with E-state index in [-0.39, 0.29) is 37.9 Å². The fourth-order valence-corrected chi connectivity index (χ4v) is 2.10. The Labute approximate surface area is 164 Å². The van der Waals surface area contributed by atoms with Gasteiger partial charge in [0.2, 0.25) is 11.8 Å². The minimum Gasteiger partial charge on any atom is -0.444 e. The lowest BCUT2D eigenvalue weighted by Crippen LogP contribution is -2.37. The molecule has 27 heavy (non-hydrogen) atoms. The van der Waals surface area contributed by atoms with E-state index in [1.54, 1.807) is 39.0 Å². The van der Waals surface area contributed by atoms with E-state index in [1.165, 1.54) is 6.08 Å². The summed E-state index contributed by atoms with van der Waals surface area (Å²) in [5.74, 6) is -0.511. The second-order valence-electron chi connectivity index (χ2n) is 6.67.